The Balaban J connectivity index is 1.79. The van der Waals surface area contributed by atoms with E-state index < -0.39 is 9.84 Å². The summed E-state index contributed by atoms with van der Waals surface area (Å²) in [6.07, 6.45) is 0.771. The van der Waals surface area contributed by atoms with Gasteiger partial charge in [0.2, 0.25) is 0 Å². The van der Waals surface area contributed by atoms with Gasteiger partial charge in [0.1, 0.15) is 11.6 Å². The monoisotopic (exact) mass is 258 g/mol. The molecule has 1 aliphatic heterocycles. The first kappa shape index (κ1) is 12.5. The normalized spacial score (nSPS) is 23.1. The standard InChI is InChI=1S/C10H18N4O2S/c1-8-12-13-10(14(8)2)6-11-5-9-3-4-17(15,16)7-9/h9,11H,3-7H2,1-2H3. The molecule has 17 heavy (non-hydrogen) atoms. The van der Waals surface area contributed by atoms with Gasteiger partial charge in [0.25, 0.3) is 0 Å². The Bertz CT molecular complexity index is 494. The highest BCUT2D eigenvalue weighted by molar-refractivity contribution is 7.91. The minimum Gasteiger partial charge on any atom is -0.317 e. The molecule has 0 saturated carbocycles. The second-order valence-corrected chi connectivity index (χ2v) is 6.85. The number of nitrogens with one attached hydrogen (secondary N) is 1. The molecule has 1 atom stereocenters. The van der Waals surface area contributed by atoms with E-state index >= 15 is 0 Å². The highest BCUT2D eigenvalue weighted by atomic mass is 32.2. The van der Waals surface area contributed by atoms with E-state index in [2.05, 4.69) is 15.5 Å². The lowest BCUT2D eigenvalue weighted by atomic mass is 10.1. The molecule has 0 bridgehead atoms. The third-order valence-corrected chi connectivity index (χ3v) is 5.06. The molecule has 2 rings (SSSR count). The summed E-state index contributed by atoms with van der Waals surface area (Å²) in [6, 6.07) is 0. The first-order chi connectivity index (χ1) is 7.98. The van der Waals surface area contributed by atoms with Crippen molar-refractivity contribution in [1.29, 1.82) is 0 Å². The molecule has 1 aromatic rings. The average molecular weight is 258 g/mol. The Labute approximate surface area is 101 Å². The van der Waals surface area contributed by atoms with Gasteiger partial charge in [0.05, 0.1) is 18.1 Å². The van der Waals surface area contributed by atoms with Crippen LogP contribution in [0.1, 0.15) is 18.1 Å². The second-order valence-electron chi connectivity index (χ2n) is 4.62. The average Bonchev–Trinajstić information content (AvgIpc) is 2.75. The summed E-state index contributed by atoms with van der Waals surface area (Å²) in [5.41, 5.74) is 0. The molecule has 0 aliphatic carbocycles. The molecule has 1 aliphatic rings. The SMILES string of the molecule is Cc1nnc(CNCC2CCS(=O)(=O)C2)n1C. The molecule has 0 spiro atoms. The fourth-order valence-corrected chi connectivity index (χ4v) is 3.89. The summed E-state index contributed by atoms with van der Waals surface area (Å²) in [7, 11) is -0.845. The van der Waals surface area contributed by atoms with Crippen LogP contribution >= 0.6 is 0 Å². The van der Waals surface area contributed by atoms with Crippen LogP contribution in [0, 0.1) is 12.8 Å². The lowest BCUT2D eigenvalue weighted by Crippen LogP contribution is -2.24. The van der Waals surface area contributed by atoms with Crippen LogP contribution in [0.5, 0.6) is 0 Å². The summed E-state index contributed by atoms with van der Waals surface area (Å²) in [5, 5.41) is 11.3. The van der Waals surface area contributed by atoms with E-state index in [1.165, 1.54) is 0 Å². The van der Waals surface area contributed by atoms with Crippen LogP contribution < -0.4 is 5.32 Å². The maximum Gasteiger partial charge on any atom is 0.150 e. The molecule has 1 N–H and O–H groups in total. The third kappa shape index (κ3) is 3.04. The zero-order valence-electron chi connectivity index (χ0n) is 10.2. The minimum absolute atomic E-state index is 0.245. The molecule has 6 nitrogen and oxygen atoms in total. The van der Waals surface area contributed by atoms with E-state index in [-0.39, 0.29) is 5.92 Å². The summed E-state index contributed by atoms with van der Waals surface area (Å²) in [5.74, 6) is 2.66. The van der Waals surface area contributed by atoms with E-state index in [1.54, 1.807) is 0 Å². The van der Waals surface area contributed by atoms with Crippen molar-refractivity contribution < 1.29 is 8.42 Å². The molecular formula is C10H18N4O2S. The predicted octanol–water partition coefficient (Wildman–Crippen LogP) is -0.352. The van der Waals surface area contributed by atoms with E-state index in [0.29, 0.717) is 18.1 Å². The number of rotatable bonds is 4. The van der Waals surface area contributed by atoms with Gasteiger partial charge in [-0.3, -0.25) is 0 Å². The van der Waals surface area contributed by atoms with Crippen molar-refractivity contribution in [2.75, 3.05) is 18.1 Å². The van der Waals surface area contributed by atoms with Gasteiger partial charge >= 0.3 is 0 Å². The molecule has 96 valence electrons. The van der Waals surface area contributed by atoms with Gasteiger partial charge in [-0.15, -0.1) is 10.2 Å². The van der Waals surface area contributed by atoms with Gasteiger partial charge < -0.3 is 9.88 Å². The number of hydrogen-bond donors (Lipinski definition) is 1. The van der Waals surface area contributed by atoms with Gasteiger partial charge in [0, 0.05) is 7.05 Å². The predicted molar refractivity (Wildman–Crippen MR) is 64.2 cm³/mol. The Morgan fingerprint density at radius 2 is 2.24 bits per heavy atom. The van der Waals surface area contributed by atoms with E-state index in [9.17, 15) is 8.42 Å². The van der Waals surface area contributed by atoms with E-state index in [0.717, 1.165) is 24.6 Å². The molecule has 0 aromatic carbocycles. The third-order valence-electron chi connectivity index (χ3n) is 3.23. The van der Waals surface area contributed by atoms with Crippen molar-refractivity contribution in [2.24, 2.45) is 13.0 Å². The minimum atomic E-state index is -2.77. The van der Waals surface area contributed by atoms with Crippen molar-refractivity contribution in [3.63, 3.8) is 0 Å². The summed E-state index contributed by atoms with van der Waals surface area (Å²) < 4.78 is 24.5. The number of aryl methyl sites for hydroxylation is 1. The molecule has 2 heterocycles. The number of nitrogens with zero attached hydrogens (tertiary/aromatic N) is 3. The van der Waals surface area contributed by atoms with Gasteiger partial charge in [-0.05, 0) is 25.8 Å². The number of sulfone groups is 1. The summed E-state index contributed by atoms with van der Waals surface area (Å²) in [4.78, 5) is 0. The molecule has 1 saturated heterocycles. The summed E-state index contributed by atoms with van der Waals surface area (Å²) in [6.45, 7) is 3.26. The molecule has 1 aromatic heterocycles. The van der Waals surface area contributed by atoms with Gasteiger partial charge in [0.15, 0.2) is 9.84 Å². The molecule has 1 unspecified atom stereocenters. The van der Waals surface area contributed by atoms with Crippen molar-refractivity contribution >= 4 is 9.84 Å². The van der Waals surface area contributed by atoms with Crippen LogP contribution in [-0.4, -0.2) is 41.2 Å². The smallest absolute Gasteiger partial charge is 0.150 e. The van der Waals surface area contributed by atoms with Crippen molar-refractivity contribution in [3.8, 4) is 0 Å². The second kappa shape index (κ2) is 4.73. The molecule has 1 fully saturated rings. The first-order valence-corrected chi connectivity index (χ1v) is 7.56. The maximum absolute atomic E-state index is 11.3. The quantitative estimate of drug-likeness (QED) is 0.798. The zero-order valence-corrected chi connectivity index (χ0v) is 11.0. The van der Waals surface area contributed by atoms with Crippen LogP contribution in [-0.2, 0) is 23.4 Å². The molecule has 7 heteroatoms. The lowest BCUT2D eigenvalue weighted by Gasteiger charge is -2.08. The van der Waals surface area contributed by atoms with Crippen LogP contribution in [0.4, 0.5) is 0 Å². The van der Waals surface area contributed by atoms with Crippen LogP contribution in [0.25, 0.3) is 0 Å². The molecule has 0 radical (unpaired) electrons. The van der Waals surface area contributed by atoms with Gasteiger partial charge in [-0.1, -0.05) is 0 Å². The summed E-state index contributed by atoms with van der Waals surface area (Å²) >= 11 is 0. The fraction of sp³-hybridized carbons (Fsp3) is 0.800. The molecular weight excluding hydrogens is 240 g/mol. The fourth-order valence-electron chi connectivity index (χ4n) is 2.03. The maximum atomic E-state index is 11.3. The van der Waals surface area contributed by atoms with Crippen LogP contribution in [0.15, 0.2) is 0 Å². The van der Waals surface area contributed by atoms with E-state index in [1.807, 2.05) is 18.5 Å². The topological polar surface area (TPSA) is 76.9 Å². The first-order valence-electron chi connectivity index (χ1n) is 5.74. The number of hydrogen-bond acceptors (Lipinski definition) is 5. The highest BCUT2D eigenvalue weighted by Gasteiger charge is 2.27. The van der Waals surface area contributed by atoms with E-state index in [4.69, 9.17) is 0 Å². The lowest BCUT2D eigenvalue weighted by molar-refractivity contribution is 0.509. The van der Waals surface area contributed by atoms with Crippen molar-refractivity contribution in [1.82, 2.24) is 20.1 Å². The zero-order chi connectivity index (χ0) is 12.5. The van der Waals surface area contributed by atoms with Gasteiger partial charge in [-0.25, -0.2) is 8.42 Å². The van der Waals surface area contributed by atoms with Gasteiger partial charge in [-0.2, -0.15) is 0 Å². The Hall–Kier alpha value is -0.950. The Morgan fingerprint density at radius 1 is 1.47 bits per heavy atom. The van der Waals surface area contributed by atoms with Crippen molar-refractivity contribution in [3.05, 3.63) is 11.6 Å². The Morgan fingerprint density at radius 3 is 2.76 bits per heavy atom. The Kier molecular flexibility index (Phi) is 3.48. The largest absolute Gasteiger partial charge is 0.317 e. The highest BCUT2D eigenvalue weighted by Crippen LogP contribution is 2.17. The van der Waals surface area contributed by atoms with Crippen molar-refractivity contribution in [2.45, 2.75) is 19.9 Å². The number of aromatic nitrogens is 3. The van der Waals surface area contributed by atoms with Crippen LogP contribution in [0.3, 0.4) is 0 Å². The molecule has 0 amide bonds. The van der Waals surface area contributed by atoms with Crippen LogP contribution in [0.2, 0.25) is 0 Å².